The van der Waals surface area contributed by atoms with Crippen LogP contribution in [0.25, 0.3) is 0 Å². The molecule has 0 aromatic rings. The van der Waals surface area contributed by atoms with Gasteiger partial charge in [0.2, 0.25) is 5.91 Å². The maximum absolute atomic E-state index is 12.3. The fourth-order valence-corrected chi connectivity index (χ4v) is 5.87. The van der Waals surface area contributed by atoms with Gasteiger partial charge in [-0.15, -0.1) is 0 Å². The molecule has 2 aliphatic rings. The third-order valence-corrected chi connectivity index (χ3v) is 8.00. The summed E-state index contributed by atoms with van der Waals surface area (Å²) in [4.78, 5) is 14.6. The normalized spacial score (nSPS) is 28.2. The van der Waals surface area contributed by atoms with Crippen molar-refractivity contribution in [2.45, 2.75) is 24.0 Å². The van der Waals surface area contributed by atoms with Crippen molar-refractivity contribution in [3.8, 4) is 0 Å². The molecule has 1 unspecified atom stereocenters. The molecule has 0 saturated carbocycles. The third-order valence-electron chi connectivity index (χ3n) is 4.30. The molecule has 1 atom stereocenters. The highest BCUT2D eigenvalue weighted by atomic mass is 32.2. The van der Waals surface area contributed by atoms with Crippen LogP contribution in [0.1, 0.15) is 19.3 Å². The zero-order chi connectivity index (χ0) is 15.0. The Bertz CT molecular complexity index is 510. The van der Waals surface area contributed by atoms with E-state index in [4.69, 9.17) is 18.0 Å². The first-order chi connectivity index (χ1) is 9.30. The van der Waals surface area contributed by atoms with E-state index < -0.39 is 9.84 Å². The van der Waals surface area contributed by atoms with Crippen molar-refractivity contribution >= 4 is 44.7 Å². The zero-order valence-corrected chi connectivity index (χ0v) is 14.0. The molecule has 114 valence electrons. The molecule has 0 bridgehead atoms. The summed E-state index contributed by atoms with van der Waals surface area (Å²) in [5, 5.41) is 0. The summed E-state index contributed by atoms with van der Waals surface area (Å²) in [7, 11) is -3.01. The van der Waals surface area contributed by atoms with Gasteiger partial charge in [0, 0.05) is 13.1 Å². The highest BCUT2D eigenvalue weighted by Crippen LogP contribution is 2.35. The minimum atomic E-state index is -3.01. The molecule has 2 heterocycles. The number of hydrogen-bond donors (Lipinski definition) is 1. The fourth-order valence-electron chi connectivity index (χ4n) is 2.89. The predicted molar refractivity (Wildman–Crippen MR) is 85.6 cm³/mol. The topological polar surface area (TPSA) is 80.5 Å². The minimum Gasteiger partial charge on any atom is -0.392 e. The van der Waals surface area contributed by atoms with Crippen molar-refractivity contribution in [2.75, 3.05) is 30.9 Å². The largest absolute Gasteiger partial charge is 0.392 e. The van der Waals surface area contributed by atoms with Gasteiger partial charge in [0.25, 0.3) is 0 Å². The van der Waals surface area contributed by atoms with Crippen LogP contribution in [0.4, 0.5) is 0 Å². The third kappa shape index (κ3) is 3.12. The van der Waals surface area contributed by atoms with Gasteiger partial charge in [-0.3, -0.25) is 4.79 Å². The van der Waals surface area contributed by atoms with Gasteiger partial charge in [-0.05, 0) is 25.5 Å². The molecule has 0 aromatic carbocycles. The van der Waals surface area contributed by atoms with Crippen LogP contribution in [0.3, 0.4) is 0 Å². The molecule has 0 aromatic heterocycles. The Morgan fingerprint density at radius 1 is 1.40 bits per heavy atom. The molecule has 2 fully saturated rings. The lowest BCUT2D eigenvalue weighted by Crippen LogP contribution is -2.51. The molecule has 0 aliphatic carbocycles. The lowest BCUT2D eigenvalue weighted by atomic mass is 9.94. The lowest BCUT2D eigenvalue weighted by Gasteiger charge is -2.40. The van der Waals surface area contributed by atoms with Gasteiger partial charge < -0.3 is 10.6 Å². The molecule has 0 spiro atoms. The van der Waals surface area contributed by atoms with E-state index >= 15 is 0 Å². The molecule has 2 aliphatic heterocycles. The van der Waals surface area contributed by atoms with Crippen LogP contribution in [-0.2, 0) is 14.6 Å². The van der Waals surface area contributed by atoms with Gasteiger partial charge in [-0.25, -0.2) is 8.42 Å². The van der Waals surface area contributed by atoms with Crippen LogP contribution >= 0.6 is 24.0 Å². The van der Waals surface area contributed by atoms with E-state index in [1.165, 1.54) is 0 Å². The SMILES string of the molecule is CSC1(C(N)=S)CCN(C(=O)C2CCS(=O)(=O)C2)CC1. The van der Waals surface area contributed by atoms with Crippen LogP contribution in [-0.4, -0.2) is 59.8 Å². The number of piperidine rings is 1. The van der Waals surface area contributed by atoms with Gasteiger partial charge in [0.1, 0.15) is 0 Å². The quantitative estimate of drug-likeness (QED) is 0.753. The smallest absolute Gasteiger partial charge is 0.226 e. The van der Waals surface area contributed by atoms with E-state index in [1.54, 1.807) is 16.7 Å². The maximum atomic E-state index is 12.3. The Kier molecular flexibility index (Phi) is 4.66. The molecule has 0 radical (unpaired) electrons. The summed E-state index contributed by atoms with van der Waals surface area (Å²) in [6.45, 7) is 1.21. The van der Waals surface area contributed by atoms with Crippen molar-refractivity contribution < 1.29 is 13.2 Å². The molecule has 1 amide bonds. The molecule has 2 N–H and O–H groups in total. The number of hydrogen-bond acceptors (Lipinski definition) is 5. The number of amides is 1. The Labute approximate surface area is 129 Å². The summed E-state index contributed by atoms with van der Waals surface area (Å²) >= 11 is 6.79. The highest BCUT2D eigenvalue weighted by Gasteiger charge is 2.41. The zero-order valence-electron chi connectivity index (χ0n) is 11.5. The number of carbonyl (C=O) groups excluding carboxylic acids is 1. The van der Waals surface area contributed by atoms with Crippen molar-refractivity contribution in [3.63, 3.8) is 0 Å². The monoisotopic (exact) mass is 336 g/mol. The molecule has 20 heavy (non-hydrogen) atoms. The van der Waals surface area contributed by atoms with Gasteiger partial charge >= 0.3 is 0 Å². The van der Waals surface area contributed by atoms with E-state index in [2.05, 4.69) is 0 Å². The van der Waals surface area contributed by atoms with E-state index in [-0.39, 0.29) is 28.1 Å². The van der Waals surface area contributed by atoms with Gasteiger partial charge in [-0.1, -0.05) is 12.2 Å². The number of carbonyl (C=O) groups is 1. The summed E-state index contributed by atoms with van der Waals surface area (Å²) in [5.74, 6) is -0.236. The molecule has 8 heteroatoms. The number of sulfone groups is 1. The standard InChI is InChI=1S/C12H20N2O3S3/c1-19-12(11(13)18)3-5-14(6-4-12)10(15)9-2-7-20(16,17)8-9/h9H,2-8H2,1H3,(H2,13,18). The number of likely N-dealkylation sites (tertiary alicyclic amines) is 1. The first-order valence-corrected chi connectivity index (χ1v) is 10.1. The number of rotatable bonds is 3. The minimum absolute atomic E-state index is 0.00526. The van der Waals surface area contributed by atoms with Crippen LogP contribution in [0.15, 0.2) is 0 Å². The molecular formula is C12H20N2O3S3. The van der Waals surface area contributed by atoms with Crippen LogP contribution in [0.5, 0.6) is 0 Å². The second-order valence-electron chi connectivity index (χ2n) is 5.49. The number of thioether (sulfide) groups is 1. The van der Waals surface area contributed by atoms with Crippen molar-refractivity contribution in [3.05, 3.63) is 0 Å². The van der Waals surface area contributed by atoms with E-state index in [0.29, 0.717) is 24.5 Å². The lowest BCUT2D eigenvalue weighted by molar-refractivity contribution is -0.135. The first kappa shape index (κ1) is 16.0. The van der Waals surface area contributed by atoms with Crippen molar-refractivity contribution in [2.24, 2.45) is 11.7 Å². The Balaban J connectivity index is 1.97. The molecule has 2 saturated heterocycles. The van der Waals surface area contributed by atoms with Crippen LogP contribution < -0.4 is 5.73 Å². The van der Waals surface area contributed by atoms with Crippen LogP contribution in [0.2, 0.25) is 0 Å². The van der Waals surface area contributed by atoms with Gasteiger partial charge in [0.15, 0.2) is 9.84 Å². The highest BCUT2D eigenvalue weighted by molar-refractivity contribution is 8.02. The Morgan fingerprint density at radius 2 is 2.00 bits per heavy atom. The number of nitrogens with zero attached hydrogens (tertiary/aromatic N) is 1. The molecule has 5 nitrogen and oxygen atoms in total. The second kappa shape index (κ2) is 5.81. The second-order valence-corrected chi connectivity index (χ2v) is 9.35. The fraction of sp³-hybridized carbons (Fsp3) is 0.833. The van der Waals surface area contributed by atoms with E-state index in [0.717, 1.165) is 12.8 Å². The maximum Gasteiger partial charge on any atom is 0.226 e. The summed E-state index contributed by atoms with van der Waals surface area (Å²) in [6.07, 6.45) is 3.93. The van der Waals surface area contributed by atoms with Crippen molar-refractivity contribution in [1.29, 1.82) is 0 Å². The Morgan fingerprint density at radius 3 is 2.40 bits per heavy atom. The average Bonchev–Trinajstić information content (AvgIpc) is 2.78. The summed E-state index contributed by atoms with van der Waals surface area (Å²) in [6, 6.07) is 0. The van der Waals surface area contributed by atoms with E-state index in [1.807, 2.05) is 6.26 Å². The van der Waals surface area contributed by atoms with E-state index in [9.17, 15) is 13.2 Å². The molecular weight excluding hydrogens is 316 g/mol. The summed E-state index contributed by atoms with van der Waals surface area (Å²) in [5.41, 5.74) is 5.82. The van der Waals surface area contributed by atoms with Crippen molar-refractivity contribution in [1.82, 2.24) is 4.90 Å². The number of thiocarbonyl (C=S) groups is 1. The molecule has 2 rings (SSSR count). The predicted octanol–water partition coefficient (Wildman–Crippen LogP) is 0.431. The first-order valence-electron chi connectivity index (χ1n) is 6.64. The van der Waals surface area contributed by atoms with Gasteiger partial charge in [0.05, 0.1) is 27.2 Å². The Hall–Kier alpha value is -0.340. The summed E-state index contributed by atoms with van der Waals surface area (Å²) < 4.78 is 22.7. The number of nitrogens with two attached hydrogens (primary N) is 1. The van der Waals surface area contributed by atoms with Crippen LogP contribution in [0, 0.1) is 5.92 Å². The van der Waals surface area contributed by atoms with Gasteiger partial charge in [-0.2, -0.15) is 11.8 Å². The average molecular weight is 337 g/mol.